The van der Waals surface area contributed by atoms with E-state index in [0.717, 1.165) is 15.8 Å². The molecule has 0 aliphatic carbocycles. The zero-order chi connectivity index (χ0) is 8.97. The summed E-state index contributed by atoms with van der Waals surface area (Å²) in [6.45, 7) is 4.12. The standard InChI is InChI=1S/C7H11ClN2S2/c1-5(3-4-8)11-7-10-9-6(2)12-7/h5H,3-4H2,1-2H3. The van der Waals surface area contributed by atoms with Crippen molar-refractivity contribution in [2.75, 3.05) is 5.88 Å². The zero-order valence-corrected chi connectivity index (χ0v) is 9.47. The summed E-state index contributed by atoms with van der Waals surface area (Å²) in [4.78, 5) is 0. The fraction of sp³-hybridized carbons (Fsp3) is 0.714. The van der Waals surface area contributed by atoms with Crippen LogP contribution in [0.2, 0.25) is 0 Å². The maximum Gasteiger partial charge on any atom is 0.174 e. The van der Waals surface area contributed by atoms with Crippen LogP contribution in [-0.2, 0) is 0 Å². The lowest BCUT2D eigenvalue weighted by atomic mass is 10.4. The highest BCUT2D eigenvalue weighted by atomic mass is 35.5. The third-order valence-corrected chi connectivity index (χ3v) is 3.64. The first-order chi connectivity index (χ1) is 5.72. The van der Waals surface area contributed by atoms with Gasteiger partial charge in [-0.25, -0.2) is 0 Å². The van der Waals surface area contributed by atoms with Crippen LogP contribution in [-0.4, -0.2) is 21.3 Å². The largest absolute Gasteiger partial charge is 0.174 e. The Morgan fingerprint density at radius 3 is 2.83 bits per heavy atom. The van der Waals surface area contributed by atoms with E-state index in [2.05, 4.69) is 17.1 Å². The SMILES string of the molecule is Cc1nnc(SC(C)CCCl)s1. The molecular formula is C7H11ClN2S2. The highest BCUT2D eigenvalue weighted by molar-refractivity contribution is 8.01. The van der Waals surface area contributed by atoms with Gasteiger partial charge in [-0.05, 0) is 13.3 Å². The van der Waals surface area contributed by atoms with E-state index >= 15 is 0 Å². The minimum atomic E-state index is 0.537. The molecule has 0 aliphatic heterocycles. The number of alkyl halides is 1. The molecular weight excluding hydrogens is 212 g/mol. The monoisotopic (exact) mass is 222 g/mol. The molecule has 0 fully saturated rings. The van der Waals surface area contributed by atoms with Gasteiger partial charge in [0.1, 0.15) is 5.01 Å². The average molecular weight is 223 g/mol. The predicted molar refractivity (Wildman–Crippen MR) is 55.3 cm³/mol. The third kappa shape index (κ3) is 3.29. The lowest BCUT2D eigenvalue weighted by molar-refractivity contribution is 0.904. The number of aryl methyl sites for hydroxylation is 1. The number of rotatable bonds is 4. The number of aromatic nitrogens is 2. The summed E-state index contributed by atoms with van der Waals surface area (Å²) in [5.41, 5.74) is 0. The molecule has 1 aromatic rings. The van der Waals surface area contributed by atoms with Crippen LogP contribution in [0.4, 0.5) is 0 Å². The summed E-state index contributed by atoms with van der Waals surface area (Å²) in [6, 6.07) is 0. The average Bonchev–Trinajstić information content (AvgIpc) is 2.36. The topological polar surface area (TPSA) is 25.8 Å². The number of halogens is 1. The summed E-state index contributed by atoms with van der Waals surface area (Å²) in [5, 5.41) is 9.53. The normalized spacial score (nSPS) is 13.2. The molecule has 1 heterocycles. The summed E-state index contributed by atoms with van der Waals surface area (Å²) >= 11 is 9.01. The molecule has 1 rings (SSSR count). The van der Waals surface area contributed by atoms with Crippen molar-refractivity contribution in [2.45, 2.75) is 29.9 Å². The van der Waals surface area contributed by atoms with Gasteiger partial charge >= 0.3 is 0 Å². The van der Waals surface area contributed by atoms with Gasteiger partial charge in [0.15, 0.2) is 4.34 Å². The van der Waals surface area contributed by atoms with Crippen LogP contribution in [0, 0.1) is 6.92 Å². The first-order valence-electron chi connectivity index (χ1n) is 3.75. The quantitative estimate of drug-likeness (QED) is 0.579. The van der Waals surface area contributed by atoms with Gasteiger partial charge in [-0.2, -0.15) is 0 Å². The van der Waals surface area contributed by atoms with E-state index < -0.39 is 0 Å². The van der Waals surface area contributed by atoms with Crippen LogP contribution in [0.15, 0.2) is 4.34 Å². The van der Waals surface area contributed by atoms with Crippen LogP contribution in [0.5, 0.6) is 0 Å². The van der Waals surface area contributed by atoms with Crippen LogP contribution in [0.1, 0.15) is 18.4 Å². The molecule has 1 atom stereocenters. The minimum absolute atomic E-state index is 0.537. The van der Waals surface area contributed by atoms with Gasteiger partial charge in [0.25, 0.3) is 0 Å². The molecule has 12 heavy (non-hydrogen) atoms. The van der Waals surface area contributed by atoms with Crippen molar-refractivity contribution in [2.24, 2.45) is 0 Å². The minimum Gasteiger partial charge on any atom is -0.143 e. The molecule has 0 amide bonds. The molecule has 2 nitrogen and oxygen atoms in total. The van der Waals surface area contributed by atoms with Crippen LogP contribution >= 0.6 is 34.7 Å². The maximum atomic E-state index is 5.62. The Balaban J connectivity index is 2.41. The Hall–Kier alpha value is 0.200. The van der Waals surface area contributed by atoms with Gasteiger partial charge in [0.2, 0.25) is 0 Å². The maximum absolute atomic E-state index is 5.62. The van der Waals surface area contributed by atoms with Gasteiger partial charge in [0, 0.05) is 11.1 Å². The molecule has 0 aliphatic rings. The molecule has 1 aromatic heterocycles. The Morgan fingerprint density at radius 1 is 1.58 bits per heavy atom. The lowest BCUT2D eigenvalue weighted by Gasteiger charge is -2.04. The molecule has 0 saturated heterocycles. The number of thioether (sulfide) groups is 1. The molecule has 5 heteroatoms. The van der Waals surface area contributed by atoms with E-state index in [1.807, 2.05) is 6.92 Å². The van der Waals surface area contributed by atoms with E-state index in [0.29, 0.717) is 11.1 Å². The molecule has 0 bridgehead atoms. The first-order valence-corrected chi connectivity index (χ1v) is 5.98. The predicted octanol–water partition coefficient (Wildman–Crippen LogP) is 2.96. The Morgan fingerprint density at radius 2 is 2.33 bits per heavy atom. The second-order valence-corrected chi connectivity index (χ2v) is 5.74. The number of hydrogen-bond donors (Lipinski definition) is 0. The van der Waals surface area contributed by atoms with Gasteiger partial charge < -0.3 is 0 Å². The fourth-order valence-corrected chi connectivity index (χ4v) is 3.30. The van der Waals surface area contributed by atoms with Crippen LogP contribution in [0.25, 0.3) is 0 Å². The first kappa shape index (κ1) is 10.3. The van der Waals surface area contributed by atoms with Crippen molar-refractivity contribution in [3.05, 3.63) is 5.01 Å². The van der Waals surface area contributed by atoms with Gasteiger partial charge in [-0.3, -0.25) is 0 Å². The molecule has 1 unspecified atom stereocenters. The summed E-state index contributed by atoms with van der Waals surface area (Å²) < 4.78 is 1.05. The van der Waals surface area contributed by atoms with E-state index in [1.54, 1.807) is 23.1 Å². The van der Waals surface area contributed by atoms with Crippen molar-refractivity contribution >= 4 is 34.7 Å². The van der Waals surface area contributed by atoms with Crippen molar-refractivity contribution in [3.8, 4) is 0 Å². The summed E-state index contributed by atoms with van der Waals surface area (Å²) in [5.74, 6) is 0.714. The van der Waals surface area contributed by atoms with E-state index in [4.69, 9.17) is 11.6 Å². The summed E-state index contributed by atoms with van der Waals surface area (Å²) in [6.07, 6.45) is 1.02. The van der Waals surface area contributed by atoms with E-state index in [-0.39, 0.29) is 0 Å². The van der Waals surface area contributed by atoms with E-state index in [1.165, 1.54) is 0 Å². The molecule has 0 N–H and O–H groups in total. The second-order valence-electron chi connectivity index (χ2n) is 2.49. The van der Waals surface area contributed by atoms with Gasteiger partial charge in [-0.1, -0.05) is 30.0 Å². The van der Waals surface area contributed by atoms with E-state index in [9.17, 15) is 0 Å². The van der Waals surface area contributed by atoms with Crippen LogP contribution < -0.4 is 0 Å². The van der Waals surface area contributed by atoms with Crippen molar-refractivity contribution in [3.63, 3.8) is 0 Å². The molecule has 0 aromatic carbocycles. The summed E-state index contributed by atoms with van der Waals surface area (Å²) in [7, 11) is 0. The lowest BCUT2D eigenvalue weighted by Crippen LogP contribution is -1.95. The Labute approximate surface area is 85.7 Å². The highest BCUT2D eigenvalue weighted by Crippen LogP contribution is 2.27. The van der Waals surface area contributed by atoms with Crippen molar-refractivity contribution in [1.29, 1.82) is 0 Å². The van der Waals surface area contributed by atoms with Gasteiger partial charge in [-0.15, -0.1) is 21.8 Å². The smallest absolute Gasteiger partial charge is 0.143 e. The number of hydrogen-bond acceptors (Lipinski definition) is 4. The Kier molecular flexibility index (Phi) is 4.32. The van der Waals surface area contributed by atoms with Crippen molar-refractivity contribution < 1.29 is 0 Å². The van der Waals surface area contributed by atoms with Crippen LogP contribution in [0.3, 0.4) is 0 Å². The Bertz CT molecular complexity index is 239. The number of nitrogens with zero attached hydrogens (tertiary/aromatic N) is 2. The van der Waals surface area contributed by atoms with Crippen molar-refractivity contribution in [1.82, 2.24) is 10.2 Å². The molecule has 0 saturated carbocycles. The fourth-order valence-electron chi connectivity index (χ4n) is 0.711. The molecule has 68 valence electrons. The molecule has 0 radical (unpaired) electrons. The third-order valence-electron chi connectivity index (χ3n) is 1.33. The molecule has 0 spiro atoms. The zero-order valence-electron chi connectivity index (χ0n) is 7.08. The second kappa shape index (κ2) is 5.04. The van der Waals surface area contributed by atoms with Gasteiger partial charge in [0.05, 0.1) is 0 Å². The highest BCUT2D eigenvalue weighted by Gasteiger charge is 2.07.